The highest BCUT2D eigenvalue weighted by atomic mass is 19.4. The second-order valence-electron chi connectivity index (χ2n) is 3.79. The molecular weight excluding hydrogens is 273 g/mol. The summed E-state index contributed by atoms with van der Waals surface area (Å²) in [6.45, 7) is 0.931. The molecule has 0 saturated heterocycles. The summed E-state index contributed by atoms with van der Waals surface area (Å²) in [6.07, 6.45) is -6.84. The Bertz CT molecular complexity index is 452. The number of benzene rings is 1. The summed E-state index contributed by atoms with van der Waals surface area (Å²) in [7, 11) is 0. The first-order valence-electron chi connectivity index (χ1n) is 5.13. The lowest BCUT2D eigenvalue weighted by Gasteiger charge is -2.23. The number of halogens is 5. The molecular formula is C11H10F5NO2. The minimum Gasteiger partial charge on any atom is -0.384 e. The van der Waals surface area contributed by atoms with Gasteiger partial charge in [0.05, 0.1) is 5.56 Å². The minimum absolute atomic E-state index is 0.645. The topological polar surface area (TPSA) is 49.3 Å². The summed E-state index contributed by atoms with van der Waals surface area (Å²) < 4.78 is 64.9. The fourth-order valence-electron chi connectivity index (χ4n) is 1.37. The molecule has 0 aliphatic rings. The fraction of sp³-hybridized carbons (Fsp3) is 0.364. The highest BCUT2D eigenvalue weighted by molar-refractivity contribution is 5.80. The Morgan fingerprint density at radius 1 is 1.26 bits per heavy atom. The third kappa shape index (κ3) is 3.63. The van der Waals surface area contributed by atoms with Gasteiger partial charge in [-0.15, -0.1) is 0 Å². The summed E-state index contributed by atoms with van der Waals surface area (Å²) in [5.74, 6) is -4.26. The van der Waals surface area contributed by atoms with Crippen LogP contribution in [0, 0.1) is 11.6 Å². The molecule has 0 radical (unpaired) electrons. The molecule has 19 heavy (non-hydrogen) atoms. The first-order valence-corrected chi connectivity index (χ1v) is 5.13. The van der Waals surface area contributed by atoms with Crippen LogP contribution in [0.2, 0.25) is 0 Å². The largest absolute Gasteiger partial charge is 0.413 e. The van der Waals surface area contributed by atoms with Crippen molar-refractivity contribution < 1.29 is 31.9 Å². The van der Waals surface area contributed by atoms with Crippen LogP contribution in [-0.2, 0) is 4.79 Å². The molecule has 0 bridgehead atoms. The molecule has 3 nitrogen and oxygen atoms in total. The van der Waals surface area contributed by atoms with Gasteiger partial charge in [0.25, 0.3) is 0 Å². The Morgan fingerprint density at radius 2 is 1.74 bits per heavy atom. The van der Waals surface area contributed by atoms with Gasteiger partial charge in [-0.2, -0.15) is 13.2 Å². The predicted molar refractivity (Wildman–Crippen MR) is 55.0 cm³/mol. The molecule has 8 heteroatoms. The molecule has 0 fully saturated rings. The third-order valence-corrected chi connectivity index (χ3v) is 2.28. The lowest BCUT2D eigenvalue weighted by molar-refractivity contribution is -0.166. The second-order valence-corrected chi connectivity index (χ2v) is 3.79. The zero-order valence-corrected chi connectivity index (χ0v) is 9.63. The van der Waals surface area contributed by atoms with Crippen molar-refractivity contribution in [3.63, 3.8) is 0 Å². The van der Waals surface area contributed by atoms with Gasteiger partial charge in [-0.25, -0.2) is 8.78 Å². The SMILES string of the molecule is CC(O)C(=O)NC(c1c(F)cccc1F)C(F)(F)F. The van der Waals surface area contributed by atoms with Crippen molar-refractivity contribution >= 4 is 5.91 Å². The molecule has 2 unspecified atom stereocenters. The molecule has 1 amide bonds. The number of carbonyl (C=O) groups is 1. The van der Waals surface area contributed by atoms with Crippen LogP contribution in [0.5, 0.6) is 0 Å². The molecule has 0 heterocycles. The molecule has 1 aromatic carbocycles. The average molecular weight is 283 g/mol. The number of hydrogen-bond acceptors (Lipinski definition) is 2. The van der Waals surface area contributed by atoms with Crippen LogP contribution in [0.3, 0.4) is 0 Å². The summed E-state index contributed by atoms with van der Waals surface area (Å²) >= 11 is 0. The van der Waals surface area contributed by atoms with Gasteiger partial charge in [0.1, 0.15) is 17.7 Å². The van der Waals surface area contributed by atoms with Gasteiger partial charge >= 0.3 is 6.18 Å². The van der Waals surface area contributed by atoms with E-state index in [1.165, 1.54) is 5.32 Å². The molecule has 0 aromatic heterocycles. The van der Waals surface area contributed by atoms with Gasteiger partial charge in [0.2, 0.25) is 5.91 Å². The first-order chi connectivity index (χ1) is 8.64. The Kier molecular flexibility index (Phi) is 4.46. The van der Waals surface area contributed by atoms with Crippen LogP contribution in [0.15, 0.2) is 18.2 Å². The molecule has 1 aromatic rings. The van der Waals surface area contributed by atoms with E-state index in [-0.39, 0.29) is 0 Å². The van der Waals surface area contributed by atoms with E-state index in [9.17, 15) is 26.7 Å². The Morgan fingerprint density at radius 3 is 2.11 bits per heavy atom. The standard InChI is InChI=1S/C11H10F5NO2/c1-5(18)10(19)17-9(11(14,15)16)8-6(12)3-2-4-7(8)13/h2-5,9,18H,1H3,(H,17,19). The van der Waals surface area contributed by atoms with Gasteiger partial charge < -0.3 is 10.4 Å². The monoisotopic (exact) mass is 283 g/mol. The van der Waals surface area contributed by atoms with Gasteiger partial charge in [0.15, 0.2) is 6.04 Å². The number of alkyl halides is 3. The van der Waals surface area contributed by atoms with E-state index in [2.05, 4.69) is 0 Å². The summed E-state index contributed by atoms with van der Waals surface area (Å²) in [6, 6.07) is -0.675. The molecule has 0 spiro atoms. The fourth-order valence-corrected chi connectivity index (χ4v) is 1.37. The number of hydrogen-bond donors (Lipinski definition) is 2. The number of carbonyl (C=O) groups excluding carboxylic acids is 1. The van der Waals surface area contributed by atoms with E-state index in [0.717, 1.165) is 13.0 Å². The Hall–Kier alpha value is -1.70. The van der Waals surface area contributed by atoms with Gasteiger partial charge in [-0.05, 0) is 19.1 Å². The predicted octanol–water partition coefficient (Wildman–Crippen LogP) is 2.07. The highest BCUT2D eigenvalue weighted by Gasteiger charge is 2.45. The van der Waals surface area contributed by atoms with Crippen LogP contribution in [0.25, 0.3) is 0 Å². The van der Waals surface area contributed by atoms with E-state index in [1.807, 2.05) is 0 Å². The van der Waals surface area contributed by atoms with Crippen molar-refractivity contribution in [3.05, 3.63) is 35.4 Å². The average Bonchev–Trinajstić information content (AvgIpc) is 2.25. The van der Waals surface area contributed by atoms with Crippen molar-refractivity contribution in [3.8, 4) is 0 Å². The third-order valence-electron chi connectivity index (χ3n) is 2.28. The van der Waals surface area contributed by atoms with Crippen LogP contribution in [-0.4, -0.2) is 23.3 Å². The lowest BCUT2D eigenvalue weighted by atomic mass is 10.0. The highest BCUT2D eigenvalue weighted by Crippen LogP contribution is 2.35. The minimum atomic E-state index is -5.10. The van der Waals surface area contributed by atoms with E-state index in [4.69, 9.17) is 5.11 Å². The smallest absolute Gasteiger partial charge is 0.384 e. The molecule has 0 saturated carbocycles. The van der Waals surface area contributed by atoms with Crippen LogP contribution in [0.1, 0.15) is 18.5 Å². The van der Waals surface area contributed by atoms with Gasteiger partial charge in [-0.3, -0.25) is 4.79 Å². The Labute approximate surface area is 105 Å². The molecule has 0 aliphatic heterocycles. The quantitative estimate of drug-likeness (QED) is 0.834. The van der Waals surface area contributed by atoms with Crippen molar-refractivity contribution in [1.29, 1.82) is 0 Å². The zero-order valence-electron chi connectivity index (χ0n) is 9.63. The number of aliphatic hydroxyl groups is 1. The van der Waals surface area contributed by atoms with Crippen molar-refractivity contribution in [1.82, 2.24) is 5.32 Å². The van der Waals surface area contributed by atoms with E-state index in [1.54, 1.807) is 0 Å². The van der Waals surface area contributed by atoms with Crippen molar-refractivity contribution in [2.24, 2.45) is 0 Å². The zero-order chi connectivity index (χ0) is 14.8. The molecule has 2 atom stereocenters. The molecule has 0 aliphatic carbocycles. The van der Waals surface area contributed by atoms with Gasteiger partial charge in [0, 0.05) is 0 Å². The van der Waals surface area contributed by atoms with E-state index < -0.39 is 41.4 Å². The van der Waals surface area contributed by atoms with E-state index >= 15 is 0 Å². The Balaban J connectivity index is 3.22. The number of amides is 1. The lowest BCUT2D eigenvalue weighted by Crippen LogP contribution is -2.43. The summed E-state index contributed by atoms with van der Waals surface area (Å²) in [4.78, 5) is 11.1. The number of nitrogens with one attached hydrogen (secondary N) is 1. The first kappa shape index (κ1) is 15.4. The van der Waals surface area contributed by atoms with Crippen LogP contribution < -0.4 is 5.32 Å². The maximum atomic E-state index is 13.3. The van der Waals surface area contributed by atoms with E-state index in [0.29, 0.717) is 12.1 Å². The van der Waals surface area contributed by atoms with Crippen LogP contribution in [0.4, 0.5) is 22.0 Å². The summed E-state index contributed by atoms with van der Waals surface area (Å²) in [5.41, 5.74) is -1.32. The second kappa shape index (κ2) is 5.52. The van der Waals surface area contributed by atoms with Crippen molar-refractivity contribution in [2.45, 2.75) is 25.2 Å². The summed E-state index contributed by atoms with van der Waals surface area (Å²) in [5, 5.41) is 10.2. The normalized spacial score (nSPS) is 14.9. The number of aliphatic hydroxyl groups excluding tert-OH is 1. The molecule has 106 valence electrons. The van der Waals surface area contributed by atoms with Gasteiger partial charge in [-0.1, -0.05) is 6.07 Å². The maximum Gasteiger partial charge on any atom is 0.413 e. The molecule has 2 N–H and O–H groups in total. The van der Waals surface area contributed by atoms with Crippen molar-refractivity contribution in [2.75, 3.05) is 0 Å². The number of rotatable bonds is 3. The maximum absolute atomic E-state index is 13.3. The molecule has 1 rings (SSSR count). The van der Waals surface area contributed by atoms with Crippen LogP contribution >= 0.6 is 0 Å².